The molecule has 0 aromatic carbocycles. The molecule has 1 fully saturated rings. The predicted octanol–water partition coefficient (Wildman–Crippen LogP) is 1.95. The van der Waals surface area contributed by atoms with Crippen LogP contribution in [0.4, 0.5) is 0 Å². The van der Waals surface area contributed by atoms with E-state index >= 15 is 0 Å². The van der Waals surface area contributed by atoms with Crippen LogP contribution in [0.25, 0.3) is 0 Å². The van der Waals surface area contributed by atoms with E-state index in [0.717, 1.165) is 12.1 Å². The van der Waals surface area contributed by atoms with Gasteiger partial charge in [0.25, 0.3) is 0 Å². The van der Waals surface area contributed by atoms with Crippen molar-refractivity contribution >= 4 is 10.0 Å². The first-order valence-electron chi connectivity index (χ1n) is 7.08. The van der Waals surface area contributed by atoms with Crippen molar-refractivity contribution in [3.05, 3.63) is 18.0 Å². The molecule has 2 rings (SSSR count). The first-order chi connectivity index (χ1) is 9.17. The van der Waals surface area contributed by atoms with Crippen molar-refractivity contribution in [2.75, 3.05) is 13.1 Å². The summed E-state index contributed by atoms with van der Waals surface area (Å²) in [6, 6.07) is 1.91. The largest absolute Gasteiger partial charge is 0.346 e. The number of sulfonamides is 1. The van der Waals surface area contributed by atoms with Crippen LogP contribution in [0.2, 0.25) is 0 Å². The Bertz CT molecular complexity index is 588. The molecule has 114 valence electrons. The third-order valence-electron chi connectivity index (χ3n) is 3.95. The maximum atomic E-state index is 12.7. The molecule has 1 saturated heterocycles. The Kier molecular flexibility index (Phi) is 4.01. The van der Waals surface area contributed by atoms with Gasteiger partial charge in [-0.15, -0.1) is 0 Å². The number of hydrogen-bond acceptors (Lipinski definition) is 3. The molecule has 0 bridgehead atoms. The fourth-order valence-corrected chi connectivity index (χ4v) is 4.38. The fourth-order valence-electron chi connectivity index (χ4n) is 2.70. The van der Waals surface area contributed by atoms with Crippen LogP contribution in [-0.4, -0.2) is 30.4 Å². The van der Waals surface area contributed by atoms with Crippen molar-refractivity contribution in [2.24, 2.45) is 11.1 Å². The van der Waals surface area contributed by atoms with Gasteiger partial charge in [-0.1, -0.05) is 13.8 Å². The summed E-state index contributed by atoms with van der Waals surface area (Å²) in [6.07, 6.45) is 2.62. The first kappa shape index (κ1) is 15.5. The van der Waals surface area contributed by atoms with E-state index < -0.39 is 10.0 Å². The summed E-state index contributed by atoms with van der Waals surface area (Å²) >= 11 is 0. The molecule has 20 heavy (non-hydrogen) atoms. The van der Waals surface area contributed by atoms with Crippen molar-refractivity contribution in [1.29, 1.82) is 0 Å². The molecule has 0 unspecified atom stereocenters. The SMILES string of the molecule is CC(C)n1cc(S(=O)(=O)N2CCC(C)(C)C2)cc1CN. The molecule has 5 nitrogen and oxygen atoms in total. The van der Waals surface area contributed by atoms with Gasteiger partial charge in [0.1, 0.15) is 4.90 Å². The van der Waals surface area contributed by atoms with Crippen LogP contribution in [0, 0.1) is 5.41 Å². The fraction of sp³-hybridized carbons (Fsp3) is 0.714. The Balaban J connectivity index is 2.36. The molecule has 0 atom stereocenters. The zero-order valence-electron chi connectivity index (χ0n) is 12.8. The number of aromatic nitrogens is 1. The van der Waals surface area contributed by atoms with Gasteiger partial charge in [-0.25, -0.2) is 8.42 Å². The average Bonchev–Trinajstić information content (AvgIpc) is 2.92. The maximum absolute atomic E-state index is 12.7. The Morgan fingerprint density at radius 1 is 1.40 bits per heavy atom. The van der Waals surface area contributed by atoms with Gasteiger partial charge in [0, 0.05) is 37.6 Å². The maximum Gasteiger partial charge on any atom is 0.244 e. The van der Waals surface area contributed by atoms with Crippen molar-refractivity contribution < 1.29 is 8.42 Å². The highest BCUT2D eigenvalue weighted by atomic mass is 32.2. The summed E-state index contributed by atoms with van der Waals surface area (Å²) < 4.78 is 28.9. The molecule has 2 heterocycles. The van der Waals surface area contributed by atoms with Crippen molar-refractivity contribution in [1.82, 2.24) is 8.87 Å². The smallest absolute Gasteiger partial charge is 0.244 e. The van der Waals surface area contributed by atoms with E-state index in [-0.39, 0.29) is 11.5 Å². The molecule has 2 N–H and O–H groups in total. The Morgan fingerprint density at radius 2 is 2.05 bits per heavy atom. The summed E-state index contributed by atoms with van der Waals surface area (Å²) in [7, 11) is -3.40. The third kappa shape index (κ3) is 2.77. The minimum absolute atomic E-state index is 0.0599. The summed E-state index contributed by atoms with van der Waals surface area (Å²) in [6.45, 7) is 9.78. The second-order valence-electron chi connectivity index (χ2n) is 6.63. The normalized spacial score (nSPS) is 19.9. The average molecular weight is 299 g/mol. The number of nitrogens with two attached hydrogens (primary N) is 1. The van der Waals surface area contributed by atoms with Crippen LogP contribution in [0.1, 0.15) is 45.9 Å². The quantitative estimate of drug-likeness (QED) is 0.924. The van der Waals surface area contributed by atoms with Crippen LogP contribution in [0.3, 0.4) is 0 Å². The van der Waals surface area contributed by atoms with E-state index in [9.17, 15) is 8.42 Å². The zero-order chi connectivity index (χ0) is 15.1. The van der Waals surface area contributed by atoms with Gasteiger partial charge in [-0.3, -0.25) is 0 Å². The van der Waals surface area contributed by atoms with Crippen LogP contribution in [-0.2, 0) is 16.6 Å². The Labute approximate surface area is 121 Å². The van der Waals surface area contributed by atoms with Gasteiger partial charge in [0.15, 0.2) is 0 Å². The number of hydrogen-bond donors (Lipinski definition) is 1. The minimum Gasteiger partial charge on any atom is -0.346 e. The Morgan fingerprint density at radius 3 is 2.45 bits per heavy atom. The molecule has 0 saturated carbocycles. The molecular weight excluding hydrogens is 274 g/mol. The summed E-state index contributed by atoms with van der Waals surface area (Å²) in [5.74, 6) is 0. The van der Waals surface area contributed by atoms with Gasteiger partial charge in [0.05, 0.1) is 0 Å². The summed E-state index contributed by atoms with van der Waals surface area (Å²) in [4.78, 5) is 0.365. The summed E-state index contributed by atoms with van der Waals surface area (Å²) in [5.41, 5.74) is 6.63. The highest BCUT2D eigenvalue weighted by molar-refractivity contribution is 7.89. The topological polar surface area (TPSA) is 68.3 Å². The van der Waals surface area contributed by atoms with E-state index in [1.165, 1.54) is 0 Å². The van der Waals surface area contributed by atoms with Crippen molar-refractivity contribution in [2.45, 2.75) is 51.6 Å². The van der Waals surface area contributed by atoms with Crippen molar-refractivity contribution in [3.63, 3.8) is 0 Å². The lowest BCUT2D eigenvalue weighted by Gasteiger charge is -2.19. The minimum atomic E-state index is -3.40. The molecule has 0 amide bonds. The lowest BCUT2D eigenvalue weighted by Crippen LogP contribution is -2.30. The lowest BCUT2D eigenvalue weighted by atomic mass is 9.93. The molecule has 6 heteroatoms. The molecule has 1 aliphatic heterocycles. The molecule has 1 aromatic rings. The zero-order valence-corrected chi connectivity index (χ0v) is 13.6. The molecule has 0 spiro atoms. The van der Waals surface area contributed by atoms with E-state index in [1.54, 1.807) is 16.6 Å². The van der Waals surface area contributed by atoms with Crippen LogP contribution >= 0.6 is 0 Å². The van der Waals surface area contributed by atoms with Gasteiger partial charge in [-0.2, -0.15) is 4.31 Å². The van der Waals surface area contributed by atoms with Crippen LogP contribution in [0.15, 0.2) is 17.2 Å². The molecule has 1 aliphatic rings. The summed E-state index contributed by atoms with van der Waals surface area (Å²) in [5, 5.41) is 0. The highest BCUT2D eigenvalue weighted by Gasteiger charge is 2.37. The van der Waals surface area contributed by atoms with E-state index in [4.69, 9.17) is 5.73 Å². The van der Waals surface area contributed by atoms with Gasteiger partial charge < -0.3 is 10.3 Å². The monoisotopic (exact) mass is 299 g/mol. The lowest BCUT2D eigenvalue weighted by molar-refractivity contribution is 0.375. The van der Waals surface area contributed by atoms with E-state index in [1.807, 2.05) is 18.4 Å². The second kappa shape index (κ2) is 5.16. The van der Waals surface area contributed by atoms with Gasteiger partial charge in [0.2, 0.25) is 10.0 Å². The molecule has 1 aromatic heterocycles. The van der Waals surface area contributed by atoms with E-state index in [2.05, 4.69) is 13.8 Å². The first-order valence-corrected chi connectivity index (χ1v) is 8.52. The van der Waals surface area contributed by atoms with Gasteiger partial charge in [-0.05, 0) is 31.7 Å². The standard InChI is InChI=1S/C14H25N3O2S/c1-11(2)17-9-13(7-12(17)8-15)20(18,19)16-6-5-14(3,4)10-16/h7,9,11H,5-6,8,10,15H2,1-4H3. The van der Waals surface area contributed by atoms with Crippen LogP contribution in [0.5, 0.6) is 0 Å². The van der Waals surface area contributed by atoms with E-state index in [0.29, 0.717) is 24.5 Å². The molecule has 0 aliphatic carbocycles. The molecular formula is C14H25N3O2S. The third-order valence-corrected chi connectivity index (χ3v) is 5.76. The number of rotatable bonds is 4. The van der Waals surface area contributed by atoms with Gasteiger partial charge >= 0.3 is 0 Å². The second-order valence-corrected chi connectivity index (χ2v) is 8.56. The van der Waals surface area contributed by atoms with Crippen molar-refractivity contribution in [3.8, 4) is 0 Å². The predicted molar refractivity (Wildman–Crippen MR) is 79.9 cm³/mol. The number of nitrogens with zero attached hydrogens (tertiary/aromatic N) is 2. The molecule has 0 radical (unpaired) electrons. The van der Waals surface area contributed by atoms with Crippen LogP contribution < -0.4 is 5.73 Å². The highest BCUT2D eigenvalue weighted by Crippen LogP contribution is 2.33. The Hall–Kier alpha value is -0.850.